The number of amides is 1. The highest BCUT2D eigenvalue weighted by molar-refractivity contribution is 7.19. The third-order valence-electron chi connectivity index (χ3n) is 4.03. The lowest BCUT2D eigenvalue weighted by Gasteiger charge is -2.13. The molecule has 0 saturated heterocycles. The first-order chi connectivity index (χ1) is 13.7. The lowest BCUT2D eigenvalue weighted by atomic mass is 9.98. The van der Waals surface area contributed by atoms with Gasteiger partial charge in [0.2, 0.25) is 0 Å². The maximum atomic E-state index is 12.4. The van der Waals surface area contributed by atoms with Crippen LogP contribution in [0.15, 0.2) is 30.3 Å². The summed E-state index contributed by atoms with van der Waals surface area (Å²) in [7, 11) is 0. The van der Waals surface area contributed by atoms with Crippen LogP contribution in [0.2, 0.25) is 0 Å². The van der Waals surface area contributed by atoms with Crippen LogP contribution in [0, 0.1) is 0 Å². The summed E-state index contributed by atoms with van der Waals surface area (Å²) in [6, 6.07) is 9.58. The summed E-state index contributed by atoms with van der Waals surface area (Å²) in [5, 5.41) is 22.5. The van der Waals surface area contributed by atoms with Crippen molar-refractivity contribution in [2.24, 2.45) is 0 Å². The number of carboxylic acids is 1. The number of thiazole rings is 1. The minimum atomic E-state index is -1.18. The van der Waals surface area contributed by atoms with Gasteiger partial charge in [-0.25, -0.2) is 9.97 Å². The second kappa shape index (κ2) is 8.00. The first-order valence-electron chi connectivity index (χ1n) is 8.94. The summed E-state index contributed by atoms with van der Waals surface area (Å²) in [4.78, 5) is 32.1. The van der Waals surface area contributed by atoms with Crippen LogP contribution in [0.3, 0.4) is 0 Å². The molecule has 0 unspecified atom stereocenters. The van der Waals surface area contributed by atoms with Crippen LogP contribution in [-0.4, -0.2) is 38.6 Å². The average molecular weight is 411 g/mol. The number of aromatic nitrogens is 2. The Morgan fingerprint density at radius 3 is 2.45 bits per heavy atom. The molecule has 0 atom stereocenters. The van der Waals surface area contributed by atoms with Crippen molar-refractivity contribution in [2.75, 3.05) is 6.54 Å². The standard InChI is InChI=1S/C21H21N3O4S/c1-21(2,3)20-24-15-13(10-9-12-7-5-4-6-8-12)23-16(17(27)18(15)29-20)19(28)22-11-14(25)26/h4-10,27H,11H2,1-3H3,(H,22,28)(H,25,26)/b10-9+. The Kier molecular flexibility index (Phi) is 5.65. The highest BCUT2D eigenvalue weighted by Crippen LogP contribution is 2.38. The molecular formula is C21H21N3O4S. The highest BCUT2D eigenvalue weighted by atomic mass is 32.1. The quantitative estimate of drug-likeness (QED) is 0.590. The summed E-state index contributed by atoms with van der Waals surface area (Å²) < 4.78 is 0.443. The number of hydrogen-bond donors (Lipinski definition) is 3. The van der Waals surface area contributed by atoms with Crippen molar-refractivity contribution in [2.45, 2.75) is 26.2 Å². The predicted molar refractivity (Wildman–Crippen MR) is 113 cm³/mol. The van der Waals surface area contributed by atoms with Gasteiger partial charge in [-0.3, -0.25) is 9.59 Å². The summed E-state index contributed by atoms with van der Waals surface area (Å²) >= 11 is 1.29. The highest BCUT2D eigenvalue weighted by Gasteiger charge is 2.25. The van der Waals surface area contributed by atoms with E-state index in [9.17, 15) is 14.7 Å². The minimum Gasteiger partial charge on any atom is -0.504 e. The molecule has 0 aliphatic heterocycles. The smallest absolute Gasteiger partial charge is 0.322 e. The van der Waals surface area contributed by atoms with Crippen molar-refractivity contribution in [1.82, 2.24) is 15.3 Å². The van der Waals surface area contributed by atoms with Gasteiger partial charge in [0.15, 0.2) is 11.4 Å². The molecule has 0 bridgehead atoms. The van der Waals surface area contributed by atoms with Crippen LogP contribution in [0.4, 0.5) is 0 Å². The molecule has 1 aromatic carbocycles. The molecule has 3 aromatic rings. The molecular weight excluding hydrogens is 390 g/mol. The molecule has 2 aromatic heterocycles. The van der Waals surface area contributed by atoms with Crippen molar-refractivity contribution < 1.29 is 19.8 Å². The van der Waals surface area contributed by atoms with Gasteiger partial charge in [-0.05, 0) is 11.6 Å². The third-order valence-corrected chi connectivity index (χ3v) is 5.52. The zero-order valence-corrected chi connectivity index (χ0v) is 17.1. The van der Waals surface area contributed by atoms with Crippen LogP contribution in [0.5, 0.6) is 5.75 Å². The molecule has 2 heterocycles. The number of pyridine rings is 1. The Balaban J connectivity index is 2.14. The van der Waals surface area contributed by atoms with Gasteiger partial charge in [0, 0.05) is 5.41 Å². The van der Waals surface area contributed by atoms with Crippen LogP contribution < -0.4 is 5.32 Å². The van der Waals surface area contributed by atoms with E-state index in [2.05, 4.69) is 15.3 Å². The zero-order chi connectivity index (χ0) is 21.2. The molecule has 3 N–H and O–H groups in total. The van der Waals surface area contributed by atoms with Gasteiger partial charge in [0.25, 0.3) is 5.91 Å². The van der Waals surface area contributed by atoms with E-state index in [1.54, 1.807) is 6.08 Å². The molecule has 0 saturated carbocycles. The number of carbonyl (C=O) groups excluding carboxylic acids is 1. The Morgan fingerprint density at radius 1 is 1.14 bits per heavy atom. The largest absolute Gasteiger partial charge is 0.504 e. The molecule has 0 radical (unpaired) electrons. The molecule has 0 aliphatic carbocycles. The number of hydrogen-bond acceptors (Lipinski definition) is 6. The summed E-state index contributed by atoms with van der Waals surface area (Å²) in [6.45, 7) is 5.46. The third kappa shape index (κ3) is 4.60. The number of carbonyl (C=O) groups is 2. The van der Waals surface area contributed by atoms with Gasteiger partial charge >= 0.3 is 5.97 Å². The van der Waals surface area contributed by atoms with Gasteiger partial charge in [0.05, 0.1) is 10.7 Å². The normalized spacial score (nSPS) is 11.8. The van der Waals surface area contributed by atoms with Crippen LogP contribution in [0.1, 0.15) is 47.5 Å². The van der Waals surface area contributed by atoms with Crippen molar-refractivity contribution >= 4 is 45.6 Å². The van der Waals surface area contributed by atoms with E-state index >= 15 is 0 Å². The van der Waals surface area contributed by atoms with Crippen molar-refractivity contribution in [3.63, 3.8) is 0 Å². The van der Waals surface area contributed by atoms with E-state index in [0.717, 1.165) is 10.6 Å². The van der Waals surface area contributed by atoms with Crippen LogP contribution in [-0.2, 0) is 10.2 Å². The number of nitrogens with one attached hydrogen (secondary N) is 1. The molecule has 0 fully saturated rings. The number of nitrogens with zero attached hydrogens (tertiary/aromatic N) is 2. The molecule has 0 aliphatic rings. The van der Waals surface area contributed by atoms with Crippen molar-refractivity contribution in [3.05, 3.63) is 52.3 Å². The Labute approximate surface area is 171 Å². The maximum absolute atomic E-state index is 12.4. The SMILES string of the molecule is CC(C)(C)c1nc2c(/C=C/c3ccccc3)nc(C(=O)NCC(=O)O)c(O)c2s1. The number of aliphatic carboxylic acids is 1. The Hall–Kier alpha value is -3.26. The molecule has 8 heteroatoms. The molecule has 29 heavy (non-hydrogen) atoms. The van der Waals surface area contributed by atoms with E-state index in [-0.39, 0.29) is 16.9 Å². The van der Waals surface area contributed by atoms with Crippen LogP contribution in [0.25, 0.3) is 22.4 Å². The lowest BCUT2D eigenvalue weighted by Crippen LogP contribution is -2.30. The van der Waals surface area contributed by atoms with E-state index in [1.165, 1.54) is 11.3 Å². The Morgan fingerprint density at radius 2 is 1.83 bits per heavy atom. The number of aromatic hydroxyl groups is 1. The average Bonchev–Trinajstić information content (AvgIpc) is 3.13. The van der Waals surface area contributed by atoms with Gasteiger partial charge in [-0.1, -0.05) is 57.2 Å². The second-order valence-corrected chi connectivity index (χ2v) is 8.46. The first-order valence-corrected chi connectivity index (χ1v) is 9.75. The van der Waals surface area contributed by atoms with E-state index in [4.69, 9.17) is 5.11 Å². The fraction of sp³-hybridized carbons (Fsp3) is 0.238. The number of benzene rings is 1. The van der Waals surface area contributed by atoms with Gasteiger partial charge < -0.3 is 15.5 Å². The topological polar surface area (TPSA) is 112 Å². The van der Waals surface area contributed by atoms with Crippen molar-refractivity contribution in [3.8, 4) is 5.75 Å². The first kappa shape index (κ1) is 20.5. The van der Waals surface area contributed by atoms with E-state index in [1.807, 2.05) is 57.2 Å². The monoisotopic (exact) mass is 411 g/mol. The molecule has 1 amide bonds. The van der Waals surface area contributed by atoms with Gasteiger partial charge in [-0.2, -0.15) is 0 Å². The van der Waals surface area contributed by atoms with E-state index < -0.39 is 18.4 Å². The van der Waals surface area contributed by atoms with Crippen molar-refractivity contribution in [1.29, 1.82) is 0 Å². The fourth-order valence-corrected chi connectivity index (χ4v) is 3.64. The second-order valence-electron chi connectivity index (χ2n) is 7.46. The number of fused-ring (bicyclic) bond motifs is 1. The molecule has 7 nitrogen and oxygen atoms in total. The van der Waals surface area contributed by atoms with Gasteiger partial charge in [-0.15, -0.1) is 11.3 Å². The predicted octanol–water partition coefficient (Wildman–Crippen LogP) is 3.68. The van der Waals surface area contributed by atoms with Gasteiger partial charge in [0.1, 0.15) is 16.8 Å². The van der Waals surface area contributed by atoms with E-state index in [0.29, 0.717) is 15.9 Å². The summed E-state index contributed by atoms with van der Waals surface area (Å²) in [5.41, 5.74) is 1.39. The number of rotatable bonds is 5. The maximum Gasteiger partial charge on any atom is 0.322 e. The van der Waals surface area contributed by atoms with Crippen LogP contribution >= 0.6 is 11.3 Å². The number of carboxylic acid groups (broad SMARTS) is 1. The lowest BCUT2D eigenvalue weighted by molar-refractivity contribution is -0.135. The zero-order valence-electron chi connectivity index (χ0n) is 16.3. The minimum absolute atomic E-state index is 0.226. The fourth-order valence-electron chi connectivity index (χ4n) is 2.56. The molecule has 0 spiro atoms. The molecule has 3 rings (SSSR count). The molecule has 150 valence electrons. The summed E-state index contributed by atoms with van der Waals surface area (Å²) in [5.74, 6) is -2.24. The summed E-state index contributed by atoms with van der Waals surface area (Å²) in [6.07, 6.45) is 3.57. The Bertz CT molecular complexity index is 1100.